The number of aliphatic hydroxyl groups excluding tert-OH is 1. The molecular formula is C17H19F3N2O2S. The van der Waals surface area contributed by atoms with Crippen molar-refractivity contribution < 1.29 is 23.0 Å². The molecule has 2 aromatic rings. The Morgan fingerprint density at radius 2 is 2.12 bits per heavy atom. The SMILES string of the molecule is CCCC(C)=Nc1c(C)c(-c2nccs2)cc(CO)c1OC(F)(F)F. The second kappa shape index (κ2) is 7.97. The summed E-state index contributed by atoms with van der Waals surface area (Å²) in [6.07, 6.45) is -1.78. The molecule has 0 radical (unpaired) electrons. The minimum Gasteiger partial charge on any atom is -0.403 e. The van der Waals surface area contributed by atoms with Gasteiger partial charge in [0.1, 0.15) is 10.7 Å². The molecule has 1 heterocycles. The van der Waals surface area contributed by atoms with Crippen molar-refractivity contribution >= 4 is 22.7 Å². The molecule has 0 saturated carbocycles. The molecule has 0 bridgehead atoms. The smallest absolute Gasteiger partial charge is 0.403 e. The van der Waals surface area contributed by atoms with Crippen LogP contribution in [0.1, 0.15) is 37.8 Å². The topological polar surface area (TPSA) is 54.7 Å². The van der Waals surface area contributed by atoms with Crippen LogP contribution in [0.15, 0.2) is 22.6 Å². The van der Waals surface area contributed by atoms with Crippen LogP contribution in [0.25, 0.3) is 10.6 Å². The first kappa shape index (κ1) is 19.4. The van der Waals surface area contributed by atoms with Crippen molar-refractivity contribution in [3.63, 3.8) is 0 Å². The third kappa shape index (κ3) is 4.79. The third-order valence-corrected chi connectivity index (χ3v) is 4.36. The summed E-state index contributed by atoms with van der Waals surface area (Å²) >= 11 is 1.36. The van der Waals surface area contributed by atoms with Crippen molar-refractivity contribution in [2.45, 2.75) is 46.6 Å². The zero-order chi connectivity index (χ0) is 18.6. The normalized spacial score (nSPS) is 12.5. The summed E-state index contributed by atoms with van der Waals surface area (Å²) in [5.74, 6) is -0.455. The van der Waals surface area contributed by atoms with Crippen molar-refractivity contribution in [3.05, 3.63) is 28.8 Å². The largest absolute Gasteiger partial charge is 0.573 e. The van der Waals surface area contributed by atoms with Crippen LogP contribution in [0.4, 0.5) is 18.9 Å². The zero-order valence-corrected chi connectivity index (χ0v) is 15.0. The minimum absolute atomic E-state index is 0.0242. The molecule has 0 aliphatic rings. The number of hydrogen-bond donors (Lipinski definition) is 1. The van der Waals surface area contributed by atoms with Crippen molar-refractivity contribution in [1.82, 2.24) is 4.98 Å². The molecule has 0 amide bonds. The monoisotopic (exact) mass is 372 g/mol. The highest BCUT2D eigenvalue weighted by Crippen LogP contribution is 2.43. The number of aromatic nitrogens is 1. The zero-order valence-electron chi connectivity index (χ0n) is 14.1. The lowest BCUT2D eigenvalue weighted by Crippen LogP contribution is -2.18. The van der Waals surface area contributed by atoms with E-state index in [1.165, 1.54) is 17.4 Å². The predicted octanol–water partition coefficient (Wildman–Crippen LogP) is 5.40. The van der Waals surface area contributed by atoms with E-state index < -0.39 is 18.7 Å². The maximum Gasteiger partial charge on any atom is 0.573 e. The van der Waals surface area contributed by atoms with Crippen molar-refractivity contribution in [2.24, 2.45) is 4.99 Å². The van der Waals surface area contributed by atoms with Crippen LogP contribution in [0.5, 0.6) is 5.75 Å². The van der Waals surface area contributed by atoms with E-state index in [2.05, 4.69) is 14.7 Å². The summed E-state index contributed by atoms with van der Waals surface area (Å²) in [7, 11) is 0. The summed E-state index contributed by atoms with van der Waals surface area (Å²) in [5.41, 5.74) is 1.97. The van der Waals surface area contributed by atoms with Gasteiger partial charge in [-0.05, 0) is 31.9 Å². The molecule has 25 heavy (non-hydrogen) atoms. The summed E-state index contributed by atoms with van der Waals surface area (Å²) in [6, 6.07) is 1.48. The highest BCUT2D eigenvalue weighted by Gasteiger charge is 2.34. The van der Waals surface area contributed by atoms with Crippen LogP contribution in [-0.2, 0) is 6.61 Å². The van der Waals surface area contributed by atoms with Gasteiger partial charge in [0, 0.05) is 28.4 Å². The van der Waals surface area contributed by atoms with E-state index in [9.17, 15) is 18.3 Å². The summed E-state index contributed by atoms with van der Waals surface area (Å²) in [5, 5.41) is 12.0. The molecule has 2 rings (SSSR count). The van der Waals surface area contributed by atoms with Gasteiger partial charge in [0.2, 0.25) is 0 Å². The van der Waals surface area contributed by atoms with Gasteiger partial charge in [0.05, 0.1) is 6.61 Å². The van der Waals surface area contributed by atoms with Crippen LogP contribution in [0.2, 0.25) is 0 Å². The Morgan fingerprint density at radius 1 is 1.40 bits per heavy atom. The molecule has 136 valence electrons. The van der Waals surface area contributed by atoms with Gasteiger partial charge in [-0.15, -0.1) is 24.5 Å². The van der Waals surface area contributed by atoms with E-state index in [1.807, 2.05) is 6.92 Å². The number of ether oxygens (including phenoxy) is 1. The van der Waals surface area contributed by atoms with Gasteiger partial charge < -0.3 is 9.84 Å². The first-order chi connectivity index (χ1) is 11.8. The Labute approximate surface area is 148 Å². The molecular weight excluding hydrogens is 353 g/mol. The van der Waals surface area contributed by atoms with Gasteiger partial charge in [0.25, 0.3) is 0 Å². The van der Waals surface area contributed by atoms with Crippen LogP contribution < -0.4 is 4.74 Å². The molecule has 0 aliphatic carbocycles. The molecule has 0 aliphatic heterocycles. The Morgan fingerprint density at radius 3 is 2.64 bits per heavy atom. The number of aliphatic imine (C=N–C) groups is 1. The van der Waals surface area contributed by atoms with Gasteiger partial charge in [-0.1, -0.05) is 13.3 Å². The number of aliphatic hydroxyl groups is 1. The first-order valence-corrected chi connectivity index (χ1v) is 8.61. The Balaban J connectivity index is 2.72. The number of rotatable bonds is 6. The average molecular weight is 372 g/mol. The maximum atomic E-state index is 12.9. The highest BCUT2D eigenvalue weighted by atomic mass is 32.1. The summed E-state index contributed by atoms with van der Waals surface area (Å²) in [4.78, 5) is 8.58. The average Bonchev–Trinajstić information content (AvgIpc) is 3.04. The second-order valence-electron chi connectivity index (χ2n) is 5.53. The lowest BCUT2D eigenvalue weighted by Gasteiger charge is -2.18. The molecule has 8 heteroatoms. The van der Waals surface area contributed by atoms with Crippen LogP contribution >= 0.6 is 11.3 Å². The fourth-order valence-electron chi connectivity index (χ4n) is 2.47. The van der Waals surface area contributed by atoms with E-state index in [0.717, 1.165) is 6.42 Å². The van der Waals surface area contributed by atoms with Gasteiger partial charge >= 0.3 is 6.36 Å². The molecule has 0 atom stereocenters. The lowest BCUT2D eigenvalue weighted by atomic mass is 10.0. The molecule has 0 fully saturated rings. The highest BCUT2D eigenvalue weighted by molar-refractivity contribution is 7.13. The van der Waals surface area contributed by atoms with Gasteiger partial charge in [-0.25, -0.2) is 4.98 Å². The number of nitrogens with zero attached hydrogens (tertiary/aromatic N) is 2. The maximum absolute atomic E-state index is 12.9. The number of thiazole rings is 1. The first-order valence-electron chi connectivity index (χ1n) is 7.74. The molecule has 4 nitrogen and oxygen atoms in total. The summed E-state index contributed by atoms with van der Waals surface area (Å²) < 4.78 is 42.8. The third-order valence-electron chi connectivity index (χ3n) is 3.55. The van der Waals surface area contributed by atoms with Crippen molar-refractivity contribution in [1.29, 1.82) is 0 Å². The fraction of sp³-hybridized carbons (Fsp3) is 0.412. The quantitative estimate of drug-likeness (QED) is 0.691. The Kier molecular flexibility index (Phi) is 6.18. The number of hydrogen-bond acceptors (Lipinski definition) is 5. The molecule has 1 N–H and O–H groups in total. The van der Waals surface area contributed by atoms with E-state index in [4.69, 9.17) is 0 Å². The van der Waals surface area contributed by atoms with Crippen LogP contribution in [-0.4, -0.2) is 22.2 Å². The molecule has 1 aromatic heterocycles. The van der Waals surface area contributed by atoms with Crippen LogP contribution in [0.3, 0.4) is 0 Å². The van der Waals surface area contributed by atoms with Crippen molar-refractivity contribution in [3.8, 4) is 16.3 Å². The summed E-state index contributed by atoms with van der Waals surface area (Å²) in [6.45, 7) is 4.80. The van der Waals surface area contributed by atoms with Crippen molar-refractivity contribution in [2.75, 3.05) is 0 Å². The standard InChI is InChI=1S/C17H19F3N2O2S/c1-4-5-10(2)22-14-11(3)13(16-21-6-7-25-16)8-12(9-23)15(14)24-17(18,19)20/h6-8,23H,4-5,9H2,1-3H3. The van der Waals surface area contributed by atoms with Gasteiger partial charge in [0.15, 0.2) is 5.75 Å². The molecule has 0 unspecified atom stereocenters. The number of alkyl halides is 3. The molecule has 0 saturated heterocycles. The van der Waals surface area contributed by atoms with Gasteiger partial charge in [-0.2, -0.15) is 0 Å². The van der Waals surface area contributed by atoms with E-state index in [-0.39, 0.29) is 11.3 Å². The minimum atomic E-state index is -4.87. The number of halogens is 3. The molecule has 0 spiro atoms. The molecule has 1 aromatic carbocycles. The lowest BCUT2D eigenvalue weighted by molar-refractivity contribution is -0.274. The Hall–Kier alpha value is -1.93. The Bertz CT molecular complexity index is 756. The van der Waals surface area contributed by atoms with E-state index in [0.29, 0.717) is 28.3 Å². The predicted molar refractivity (Wildman–Crippen MR) is 92.6 cm³/mol. The van der Waals surface area contributed by atoms with E-state index in [1.54, 1.807) is 25.4 Å². The van der Waals surface area contributed by atoms with Crippen LogP contribution in [0, 0.1) is 6.92 Å². The van der Waals surface area contributed by atoms with Gasteiger partial charge in [-0.3, -0.25) is 4.99 Å². The fourth-order valence-corrected chi connectivity index (χ4v) is 3.18. The second-order valence-corrected chi connectivity index (χ2v) is 6.42. The number of benzene rings is 1. The van der Waals surface area contributed by atoms with E-state index >= 15 is 0 Å².